The summed E-state index contributed by atoms with van der Waals surface area (Å²) in [4.78, 5) is 16.8. The number of amides is 1. The molecule has 2 bridgehead atoms. The van der Waals surface area contributed by atoms with Crippen LogP contribution in [0.5, 0.6) is 5.75 Å². The van der Waals surface area contributed by atoms with E-state index in [9.17, 15) is 9.90 Å². The minimum atomic E-state index is -0.624. The normalized spacial score (nSPS) is 27.3. The van der Waals surface area contributed by atoms with Crippen LogP contribution in [0.2, 0.25) is 0 Å². The first-order chi connectivity index (χ1) is 14.6. The second-order valence-corrected chi connectivity index (χ2v) is 9.92. The van der Waals surface area contributed by atoms with Gasteiger partial charge < -0.3 is 19.5 Å². The molecule has 2 fully saturated rings. The summed E-state index contributed by atoms with van der Waals surface area (Å²) in [6, 6.07) is 9.47. The van der Waals surface area contributed by atoms with E-state index in [-0.39, 0.29) is 24.8 Å². The van der Waals surface area contributed by atoms with E-state index in [1.807, 2.05) is 25.7 Å². The largest absolute Gasteiger partial charge is 0.491 e. The summed E-state index contributed by atoms with van der Waals surface area (Å²) in [7, 11) is 0. The molecule has 0 spiro atoms. The Balaban J connectivity index is 1.56. The van der Waals surface area contributed by atoms with Crippen molar-refractivity contribution in [3.8, 4) is 11.8 Å². The van der Waals surface area contributed by atoms with E-state index in [0.717, 1.165) is 6.42 Å². The van der Waals surface area contributed by atoms with Gasteiger partial charge >= 0.3 is 6.09 Å². The summed E-state index contributed by atoms with van der Waals surface area (Å²) < 4.78 is 11.3. The highest BCUT2D eigenvalue weighted by Gasteiger charge is 2.45. The molecule has 5 unspecified atom stereocenters. The lowest BCUT2D eigenvalue weighted by Crippen LogP contribution is -2.63. The van der Waals surface area contributed by atoms with Gasteiger partial charge in [-0.2, -0.15) is 5.26 Å². The van der Waals surface area contributed by atoms with Crippen LogP contribution in [-0.2, 0) is 4.74 Å². The molecule has 31 heavy (non-hydrogen) atoms. The lowest BCUT2D eigenvalue weighted by molar-refractivity contribution is -0.0679. The molecule has 2 aliphatic heterocycles. The molecule has 0 aliphatic carbocycles. The summed E-state index contributed by atoms with van der Waals surface area (Å²) in [5.74, 6) is 1.35. The van der Waals surface area contributed by atoms with Crippen molar-refractivity contribution in [1.29, 1.82) is 5.26 Å². The highest BCUT2D eigenvalue weighted by atomic mass is 16.6. The maximum atomic E-state index is 12.6. The third-order valence-corrected chi connectivity index (χ3v) is 6.43. The van der Waals surface area contributed by atoms with Crippen molar-refractivity contribution < 1.29 is 19.4 Å². The highest BCUT2D eigenvalue weighted by molar-refractivity contribution is 5.68. The Morgan fingerprint density at radius 3 is 2.29 bits per heavy atom. The molecule has 5 atom stereocenters. The van der Waals surface area contributed by atoms with E-state index in [1.54, 1.807) is 24.3 Å². The standard InChI is InChI=1S/C24H35N3O4/c1-16-19-10-20(13-26(12-19)23(29)31-24(3,4)5)17(2)27(16)14-21(28)15-30-22-8-6-18(11-25)7-9-22/h6-9,16-17,19-21,28H,10,12-15H2,1-5H3. The minimum Gasteiger partial charge on any atom is -0.491 e. The number of hydrogen-bond acceptors (Lipinski definition) is 6. The van der Waals surface area contributed by atoms with Gasteiger partial charge in [0.05, 0.1) is 11.6 Å². The van der Waals surface area contributed by atoms with Crippen molar-refractivity contribution in [2.75, 3.05) is 26.2 Å². The van der Waals surface area contributed by atoms with E-state index in [2.05, 4.69) is 24.8 Å². The van der Waals surface area contributed by atoms with Gasteiger partial charge in [-0.3, -0.25) is 4.90 Å². The zero-order valence-electron chi connectivity index (χ0n) is 19.2. The Kier molecular flexibility index (Phi) is 7.13. The first-order valence-electron chi connectivity index (χ1n) is 11.1. The van der Waals surface area contributed by atoms with Crippen LogP contribution >= 0.6 is 0 Å². The molecule has 1 aromatic carbocycles. The fraction of sp³-hybridized carbons (Fsp3) is 0.667. The molecule has 170 valence electrons. The third kappa shape index (κ3) is 5.90. The Hall–Kier alpha value is -2.30. The number of rotatable bonds is 5. The number of carbonyl (C=O) groups excluding carboxylic acids is 1. The fourth-order valence-corrected chi connectivity index (χ4v) is 4.71. The zero-order valence-corrected chi connectivity index (χ0v) is 19.2. The van der Waals surface area contributed by atoms with Crippen molar-refractivity contribution in [2.45, 2.75) is 64.8 Å². The molecule has 7 nitrogen and oxygen atoms in total. The van der Waals surface area contributed by atoms with Crippen LogP contribution in [0.15, 0.2) is 24.3 Å². The lowest BCUT2D eigenvalue weighted by atomic mass is 9.76. The fourth-order valence-electron chi connectivity index (χ4n) is 4.71. The number of nitriles is 1. The van der Waals surface area contributed by atoms with Crippen LogP contribution in [0.3, 0.4) is 0 Å². The van der Waals surface area contributed by atoms with Crippen molar-refractivity contribution in [3.05, 3.63) is 29.8 Å². The number of piperidine rings is 2. The summed E-state index contributed by atoms with van der Waals surface area (Å²) in [6.45, 7) is 12.1. The van der Waals surface area contributed by atoms with Crippen molar-refractivity contribution in [1.82, 2.24) is 9.80 Å². The van der Waals surface area contributed by atoms with E-state index in [1.165, 1.54) is 0 Å². The monoisotopic (exact) mass is 429 g/mol. The van der Waals surface area contributed by atoms with Gasteiger partial charge in [0.2, 0.25) is 0 Å². The number of likely N-dealkylation sites (tertiary alicyclic amines) is 2. The van der Waals surface area contributed by atoms with E-state index in [4.69, 9.17) is 14.7 Å². The molecule has 2 saturated heterocycles. The van der Waals surface area contributed by atoms with E-state index >= 15 is 0 Å². The predicted octanol–water partition coefficient (Wildman–Crippen LogP) is 3.26. The quantitative estimate of drug-likeness (QED) is 0.773. The second-order valence-electron chi connectivity index (χ2n) is 9.92. The molecule has 1 N–H and O–H groups in total. The van der Waals surface area contributed by atoms with Crippen LogP contribution < -0.4 is 4.74 Å². The number of nitrogens with zero attached hydrogens (tertiary/aromatic N) is 3. The minimum absolute atomic E-state index is 0.196. The molecule has 1 amide bonds. The van der Waals surface area contributed by atoms with E-state index in [0.29, 0.717) is 42.8 Å². The molecule has 1 aromatic rings. The number of aliphatic hydroxyl groups is 1. The number of fused-ring (bicyclic) bond motifs is 2. The predicted molar refractivity (Wildman–Crippen MR) is 118 cm³/mol. The molecule has 2 heterocycles. The number of aliphatic hydroxyl groups excluding tert-OH is 1. The summed E-state index contributed by atoms with van der Waals surface area (Å²) in [6.07, 6.45) is 0.239. The number of ether oxygens (including phenoxy) is 2. The summed E-state index contributed by atoms with van der Waals surface area (Å²) >= 11 is 0. The highest BCUT2D eigenvalue weighted by Crippen LogP contribution is 2.37. The maximum Gasteiger partial charge on any atom is 0.410 e. The summed E-state index contributed by atoms with van der Waals surface area (Å²) in [5.41, 5.74) is 0.0854. The molecular weight excluding hydrogens is 394 g/mol. The van der Waals surface area contributed by atoms with Gasteiger partial charge in [-0.05, 0) is 77.1 Å². The molecular formula is C24H35N3O4. The molecule has 0 aromatic heterocycles. The van der Waals surface area contributed by atoms with Gasteiger partial charge in [0.1, 0.15) is 24.1 Å². The maximum absolute atomic E-state index is 12.6. The van der Waals surface area contributed by atoms with Crippen molar-refractivity contribution >= 4 is 6.09 Å². The molecule has 0 saturated carbocycles. The molecule has 0 radical (unpaired) electrons. The average Bonchev–Trinajstić information content (AvgIpc) is 2.73. The Morgan fingerprint density at radius 1 is 1.19 bits per heavy atom. The number of β-amino-alcohol motifs (C(OH)–C–C–N with tert-alkyl or cyclic N) is 1. The topological polar surface area (TPSA) is 86.0 Å². The van der Waals surface area contributed by atoms with Gasteiger partial charge in [-0.25, -0.2) is 4.79 Å². The zero-order chi connectivity index (χ0) is 22.8. The van der Waals surface area contributed by atoms with Gasteiger partial charge in [0.25, 0.3) is 0 Å². The van der Waals surface area contributed by atoms with Crippen molar-refractivity contribution in [2.24, 2.45) is 11.8 Å². The van der Waals surface area contributed by atoms with Gasteiger partial charge in [0.15, 0.2) is 0 Å². The van der Waals surface area contributed by atoms with Crippen molar-refractivity contribution in [3.63, 3.8) is 0 Å². The summed E-state index contributed by atoms with van der Waals surface area (Å²) in [5, 5.41) is 19.5. The Labute approximate surface area is 185 Å². The van der Waals surface area contributed by atoms with E-state index < -0.39 is 11.7 Å². The second kappa shape index (κ2) is 9.46. The van der Waals surface area contributed by atoms with Gasteiger partial charge in [-0.1, -0.05) is 0 Å². The SMILES string of the molecule is CC1C2CC(CN(C(=O)OC(C)(C)C)C2)C(C)N1CC(O)COc1ccc(C#N)cc1. The number of benzene rings is 1. The Morgan fingerprint density at radius 2 is 1.77 bits per heavy atom. The van der Waals surface area contributed by atoms with Crippen LogP contribution in [-0.4, -0.2) is 71.0 Å². The molecule has 2 aliphatic rings. The third-order valence-electron chi connectivity index (χ3n) is 6.43. The Bertz CT molecular complexity index is 781. The smallest absolute Gasteiger partial charge is 0.410 e. The lowest BCUT2D eigenvalue weighted by Gasteiger charge is -2.53. The molecule has 7 heteroatoms. The van der Waals surface area contributed by atoms with Gasteiger partial charge in [-0.15, -0.1) is 0 Å². The first-order valence-corrected chi connectivity index (χ1v) is 11.1. The van der Waals surface area contributed by atoms with Crippen LogP contribution in [0.25, 0.3) is 0 Å². The van der Waals surface area contributed by atoms with Crippen LogP contribution in [0, 0.1) is 23.2 Å². The first kappa shape index (κ1) is 23.4. The van der Waals surface area contributed by atoms with Crippen LogP contribution in [0.1, 0.15) is 46.6 Å². The van der Waals surface area contributed by atoms with Crippen LogP contribution in [0.4, 0.5) is 4.79 Å². The van der Waals surface area contributed by atoms with Gasteiger partial charge in [0, 0.05) is 31.7 Å². The average molecular weight is 430 g/mol. The number of hydrogen-bond donors (Lipinski definition) is 1. The molecule has 3 rings (SSSR count). The number of carbonyl (C=O) groups is 1.